The zero-order chi connectivity index (χ0) is 12.4. The van der Waals surface area contributed by atoms with Gasteiger partial charge in [0.05, 0.1) is 6.10 Å². The molecule has 92 valence electrons. The highest BCUT2D eigenvalue weighted by Crippen LogP contribution is 2.27. The molecule has 4 atom stereocenters. The van der Waals surface area contributed by atoms with Gasteiger partial charge in [-0.25, -0.2) is 0 Å². The molecule has 0 unspecified atom stereocenters. The molecule has 17 heavy (non-hydrogen) atoms. The number of nitrogens with zero attached hydrogens (tertiary/aromatic N) is 1. The van der Waals surface area contributed by atoms with Crippen LogP contribution < -0.4 is 5.32 Å². The van der Waals surface area contributed by atoms with Gasteiger partial charge in [0.1, 0.15) is 12.3 Å². The predicted molar refractivity (Wildman–Crippen MR) is 61.2 cm³/mol. The van der Waals surface area contributed by atoms with E-state index in [0.717, 1.165) is 5.56 Å². The van der Waals surface area contributed by atoms with E-state index in [4.69, 9.17) is 9.84 Å². The molecular formula is C12H16N2O3. The summed E-state index contributed by atoms with van der Waals surface area (Å²) in [6.45, 7) is 3.77. The van der Waals surface area contributed by atoms with E-state index in [1.807, 2.05) is 26.0 Å². The van der Waals surface area contributed by atoms with Crippen molar-refractivity contribution in [1.29, 1.82) is 0 Å². The molecule has 1 aliphatic rings. The summed E-state index contributed by atoms with van der Waals surface area (Å²) in [5.74, 6) is -0.905. The molecule has 5 nitrogen and oxygen atoms in total. The summed E-state index contributed by atoms with van der Waals surface area (Å²) < 4.78 is 5.76. The number of hydrogen-bond donors (Lipinski definition) is 2. The summed E-state index contributed by atoms with van der Waals surface area (Å²) in [6.07, 6.45) is 2.85. The van der Waals surface area contributed by atoms with Gasteiger partial charge in [0.2, 0.25) is 0 Å². The van der Waals surface area contributed by atoms with Gasteiger partial charge in [-0.05, 0) is 24.6 Å². The first-order valence-corrected chi connectivity index (χ1v) is 5.64. The van der Waals surface area contributed by atoms with Gasteiger partial charge in [-0.1, -0.05) is 6.92 Å². The first-order chi connectivity index (χ1) is 8.09. The Kier molecular flexibility index (Phi) is 3.40. The topological polar surface area (TPSA) is 71.5 Å². The van der Waals surface area contributed by atoms with Gasteiger partial charge in [0.25, 0.3) is 0 Å². The van der Waals surface area contributed by atoms with E-state index in [1.165, 1.54) is 0 Å². The van der Waals surface area contributed by atoms with Gasteiger partial charge in [-0.15, -0.1) is 0 Å². The summed E-state index contributed by atoms with van der Waals surface area (Å²) >= 11 is 0. The molecule has 0 spiro atoms. The Morgan fingerprint density at radius 3 is 2.65 bits per heavy atom. The van der Waals surface area contributed by atoms with Gasteiger partial charge >= 0.3 is 5.97 Å². The summed E-state index contributed by atoms with van der Waals surface area (Å²) in [7, 11) is 0. The van der Waals surface area contributed by atoms with E-state index < -0.39 is 12.0 Å². The van der Waals surface area contributed by atoms with E-state index in [9.17, 15) is 4.79 Å². The van der Waals surface area contributed by atoms with Crippen molar-refractivity contribution in [1.82, 2.24) is 10.3 Å². The maximum atomic E-state index is 11.2. The van der Waals surface area contributed by atoms with Crippen molar-refractivity contribution in [2.24, 2.45) is 5.92 Å². The van der Waals surface area contributed by atoms with Crippen LogP contribution in [0.15, 0.2) is 24.5 Å². The molecule has 0 aromatic carbocycles. The van der Waals surface area contributed by atoms with Crippen LogP contribution in [0.5, 0.6) is 0 Å². The third-order valence-corrected chi connectivity index (χ3v) is 3.22. The minimum Gasteiger partial charge on any atom is -0.480 e. The molecule has 2 N–H and O–H groups in total. The monoisotopic (exact) mass is 236 g/mol. The number of ether oxygens (including phenoxy) is 1. The van der Waals surface area contributed by atoms with Gasteiger partial charge in [0.15, 0.2) is 0 Å². The first-order valence-electron chi connectivity index (χ1n) is 5.64. The molecule has 1 aliphatic heterocycles. The quantitative estimate of drug-likeness (QED) is 0.806. The Balaban J connectivity index is 2.19. The summed E-state index contributed by atoms with van der Waals surface area (Å²) in [4.78, 5) is 15.1. The van der Waals surface area contributed by atoms with E-state index >= 15 is 0 Å². The maximum Gasteiger partial charge on any atom is 0.321 e. The van der Waals surface area contributed by atoms with Crippen LogP contribution in [0.1, 0.15) is 25.6 Å². The largest absolute Gasteiger partial charge is 0.480 e. The minimum absolute atomic E-state index is 0.0643. The average molecular weight is 236 g/mol. The normalized spacial score (nSPS) is 33.3. The fraction of sp³-hybridized carbons (Fsp3) is 0.500. The summed E-state index contributed by atoms with van der Waals surface area (Å²) in [6, 6.07) is 3.05. The lowest BCUT2D eigenvalue weighted by Crippen LogP contribution is -2.53. The Labute approximate surface area is 99.8 Å². The summed E-state index contributed by atoms with van der Waals surface area (Å²) in [5.41, 5.74) is 0.894. The number of carboxylic acid groups (broad SMARTS) is 1. The standard InChI is InChI=1S/C12H16N2O3/c1-7-8(2)17-11(14-10(7)12(15)16)9-3-5-13-6-4-9/h3-8,10-11,14H,1-2H3,(H,15,16)/t7-,8-,10-,11+/m0/s1. The fourth-order valence-corrected chi connectivity index (χ4v) is 1.97. The van der Waals surface area contributed by atoms with E-state index in [0.29, 0.717) is 0 Å². The lowest BCUT2D eigenvalue weighted by Gasteiger charge is -2.38. The number of pyridine rings is 1. The minimum atomic E-state index is -0.841. The highest BCUT2D eigenvalue weighted by Gasteiger charge is 2.37. The number of carboxylic acids is 1. The Morgan fingerprint density at radius 1 is 1.41 bits per heavy atom. The van der Waals surface area contributed by atoms with E-state index in [2.05, 4.69) is 10.3 Å². The van der Waals surface area contributed by atoms with Crippen LogP contribution in [0.2, 0.25) is 0 Å². The molecule has 1 aromatic rings. The number of aromatic nitrogens is 1. The van der Waals surface area contributed by atoms with Crippen LogP contribution in [0.4, 0.5) is 0 Å². The molecule has 2 heterocycles. The molecule has 0 bridgehead atoms. The second-order valence-electron chi connectivity index (χ2n) is 4.34. The zero-order valence-electron chi connectivity index (χ0n) is 9.83. The van der Waals surface area contributed by atoms with Crippen LogP contribution in [0, 0.1) is 5.92 Å². The Hall–Kier alpha value is -1.46. The second-order valence-corrected chi connectivity index (χ2v) is 4.34. The molecular weight excluding hydrogens is 220 g/mol. The van der Waals surface area contributed by atoms with Crippen molar-refractivity contribution in [3.05, 3.63) is 30.1 Å². The molecule has 0 radical (unpaired) electrons. The van der Waals surface area contributed by atoms with Crippen LogP contribution in [0.25, 0.3) is 0 Å². The molecule has 2 rings (SSSR count). The smallest absolute Gasteiger partial charge is 0.321 e. The highest BCUT2D eigenvalue weighted by atomic mass is 16.5. The van der Waals surface area contributed by atoms with Crippen LogP contribution in [-0.4, -0.2) is 28.2 Å². The number of nitrogens with one attached hydrogen (secondary N) is 1. The van der Waals surface area contributed by atoms with Gasteiger partial charge in [-0.3, -0.25) is 15.1 Å². The maximum absolute atomic E-state index is 11.2. The van der Waals surface area contributed by atoms with Crippen molar-refractivity contribution in [3.8, 4) is 0 Å². The third kappa shape index (κ3) is 2.45. The average Bonchev–Trinajstić information content (AvgIpc) is 2.33. The van der Waals surface area contributed by atoms with Crippen molar-refractivity contribution >= 4 is 5.97 Å². The van der Waals surface area contributed by atoms with Crippen LogP contribution in [0.3, 0.4) is 0 Å². The predicted octanol–water partition coefficient (Wildman–Crippen LogP) is 1.18. The fourth-order valence-electron chi connectivity index (χ4n) is 1.97. The van der Waals surface area contributed by atoms with E-state index in [-0.39, 0.29) is 18.2 Å². The molecule has 0 aliphatic carbocycles. The lowest BCUT2D eigenvalue weighted by molar-refractivity contribution is -0.155. The third-order valence-electron chi connectivity index (χ3n) is 3.22. The van der Waals surface area contributed by atoms with Crippen molar-refractivity contribution in [3.63, 3.8) is 0 Å². The van der Waals surface area contributed by atoms with Crippen molar-refractivity contribution < 1.29 is 14.6 Å². The molecule has 5 heteroatoms. The van der Waals surface area contributed by atoms with Crippen molar-refractivity contribution in [2.45, 2.75) is 32.2 Å². The number of rotatable bonds is 2. The van der Waals surface area contributed by atoms with Crippen LogP contribution >= 0.6 is 0 Å². The summed E-state index contributed by atoms with van der Waals surface area (Å²) in [5, 5.41) is 12.2. The van der Waals surface area contributed by atoms with Crippen molar-refractivity contribution in [2.75, 3.05) is 0 Å². The number of hydrogen-bond acceptors (Lipinski definition) is 4. The van der Waals surface area contributed by atoms with Gasteiger partial charge < -0.3 is 9.84 Å². The SMILES string of the molecule is C[C@H]1[C@H](C)O[C@H](c2ccncc2)N[C@@H]1C(=O)O. The Morgan fingerprint density at radius 2 is 2.06 bits per heavy atom. The van der Waals surface area contributed by atoms with Crippen LogP contribution in [-0.2, 0) is 9.53 Å². The Bertz CT molecular complexity index is 396. The van der Waals surface area contributed by atoms with Gasteiger partial charge in [-0.2, -0.15) is 0 Å². The number of aliphatic carboxylic acids is 1. The molecule has 1 aromatic heterocycles. The molecule has 0 saturated carbocycles. The lowest BCUT2D eigenvalue weighted by atomic mass is 9.94. The number of carbonyl (C=O) groups is 1. The zero-order valence-corrected chi connectivity index (χ0v) is 9.83. The van der Waals surface area contributed by atoms with E-state index in [1.54, 1.807) is 12.4 Å². The second kappa shape index (κ2) is 4.81. The molecule has 1 saturated heterocycles. The molecule has 0 amide bonds. The first kappa shape index (κ1) is 12.0. The molecule has 1 fully saturated rings. The van der Waals surface area contributed by atoms with Gasteiger partial charge in [0, 0.05) is 18.3 Å². The highest BCUT2D eigenvalue weighted by molar-refractivity contribution is 5.74.